The van der Waals surface area contributed by atoms with Crippen molar-refractivity contribution < 1.29 is 19.5 Å². The molecule has 0 aliphatic rings. The number of carboxylic acids is 1. The third kappa shape index (κ3) is 11.2. The van der Waals surface area contributed by atoms with E-state index in [1.54, 1.807) is 12.5 Å². The molecule has 0 unspecified atom stereocenters. The summed E-state index contributed by atoms with van der Waals surface area (Å²) in [6.45, 7) is 5.14. The van der Waals surface area contributed by atoms with Gasteiger partial charge in [-0.15, -0.1) is 0 Å². The number of carbonyl (C=O) groups is 3. The van der Waals surface area contributed by atoms with Gasteiger partial charge in [0.1, 0.15) is 6.04 Å². The van der Waals surface area contributed by atoms with Crippen LogP contribution in [0.15, 0.2) is 42.9 Å². The van der Waals surface area contributed by atoms with Gasteiger partial charge in [0.15, 0.2) is 0 Å². The van der Waals surface area contributed by atoms with Crippen LogP contribution in [0.25, 0.3) is 0 Å². The number of carbonyl (C=O) groups excluding carboxylic acids is 2. The lowest BCUT2D eigenvalue weighted by molar-refractivity contribution is -0.142. The highest BCUT2D eigenvalue weighted by molar-refractivity contribution is 7.98. The average molecular weight is 547 g/mol. The number of aromatic amines is 1. The van der Waals surface area contributed by atoms with Gasteiger partial charge in [-0.1, -0.05) is 50.6 Å². The van der Waals surface area contributed by atoms with E-state index in [1.807, 2.05) is 41.5 Å². The summed E-state index contributed by atoms with van der Waals surface area (Å²) in [6.07, 6.45) is 7.33. The van der Waals surface area contributed by atoms with E-state index in [0.717, 1.165) is 17.7 Å². The summed E-state index contributed by atoms with van der Waals surface area (Å²) in [7, 11) is 0. The zero-order valence-electron chi connectivity index (χ0n) is 22.6. The van der Waals surface area contributed by atoms with Gasteiger partial charge < -0.3 is 26.5 Å². The molecule has 0 saturated carbocycles. The second kappa shape index (κ2) is 16.8. The van der Waals surface area contributed by atoms with Crippen molar-refractivity contribution in [2.75, 3.05) is 31.6 Å². The van der Waals surface area contributed by atoms with Gasteiger partial charge in [-0.2, -0.15) is 11.8 Å². The van der Waals surface area contributed by atoms with Gasteiger partial charge in [-0.05, 0) is 36.3 Å². The molecular weight excluding hydrogens is 504 g/mol. The third-order valence-electron chi connectivity index (χ3n) is 6.62. The van der Waals surface area contributed by atoms with Gasteiger partial charge in [0.25, 0.3) is 0 Å². The number of aliphatic carboxylic acids is 1. The molecule has 1 aromatic heterocycles. The second-order valence-electron chi connectivity index (χ2n) is 9.60. The lowest BCUT2D eigenvalue weighted by Gasteiger charge is -2.32. The van der Waals surface area contributed by atoms with Crippen LogP contribution in [0.4, 0.5) is 0 Å². The number of H-pyrrole nitrogens is 1. The molecule has 0 radical (unpaired) electrons. The minimum Gasteiger partial charge on any atom is -0.480 e. The molecule has 1 heterocycles. The molecule has 2 rings (SSSR count). The fourth-order valence-electron chi connectivity index (χ4n) is 4.05. The van der Waals surface area contributed by atoms with Crippen molar-refractivity contribution in [1.82, 2.24) is 25.5 Å². The van der Waals surface area contributed by atoms with Crippen LogP contribution in [-0.4, -0.2) is 87.5 Å². The molecule has 6 N–H and O–H groups in total. The van der Waals surface area contributed by atoms with E-state index >= 15 is 0 Å². The number of benzene rings is 1. The number of nitrogens with one attached hydrogen (secondary N) is 3. The first-order valence-electron chi connectivity index (χ1n) is 13.0. The molecule has 0 saturated heterocycles. The summed E-state index contributed by atoms with van der Waals surface area (Å²) in [5.74, 6) is -0.888. The van der Waals surface area contributed by atoms with Gasteiger partial charge in [0, 0.05) is 37.4 Å². The molecule has 210 valence electrons. The first kappa shape index (κ1) is 31.3. The number of rotatable bonds is 18. The Morgan fingerprint density at radius 3 is 2.55 bits per heavy atom. The molecule has 4 atom stereocenters. The fraction of sp³-hybridized carbons (Fsp3) is 0.556. The van der Waals surface area contributed by atoms with E-state index in [-0.39, 0.29) is 30.3 Å². The van der Waals surface area contributed by atoms with Crippen molar-refractivity contribution in [2.24, 2.45) is 11.7 Å². The van der Waals surface area contributed by atoms with Crippen LogP contribution in [0.5, 0.6) is 0 Å². The van der Waals surface area contributed by atoms with E-state index in [1.165, 1.54) is 11.8 Å². The molecule has 38 heavy (non-hydrogen) atoms. The number of aromatic nitrogens is 2. The number of carboxylic acid groups (broad SMARTS) is 1. The Hall–Kier alpha value is -2.89. The predicted molar refractivity (Wildman–Crippen MR) is 151 cm³/mol. The van der Waals surface area contributed by atoms with E-state index in [0.29, 0.717) is 38.1 Å². The summed E-state index contributed by atoms with van der Waals surface area (Å²) < 4.78 is 0. The summed E-state index contributed by atoms with van der Waals surface area (Å²) >= 11 is 1.54. The van der Waals surface area contributed by atoms with Gasteiger partial charge in [-0.3, -0.25) is 14.5 Å². The molecular formula is C27H42N6O4S. The maximum atomic E-state index is 13.0. The largest absolute Gasteiger partial charge is 0.480 e. The van der Waals surface area contributed by atoms with Gasteiger partial charge >= 0.3 is 5.97 Å². The van der Waals surface area contributed by atoms with Crippen molar-refractivity contribution in [3.63, 3.8) is 0 Å². The zero-order chi connectivity index (χ0) is 27.9. The lowest BCUT2D eigenvalue weighted by Crippen LogP contribution is -2.54. The Bertz CT molecular complexity index is 975. The van der Waals surface area contributed by atoms with Crippen molar-refractivity contribution in [3.8, 4) is 0 Å². The third-order valence-corrected chi connectivity index (χ3v) is 7.26. The Morgan fingerprint density at radius 1 is 1.21 bits per heavy atom. The number of nitrogens with zero attached hydrogens (tertiary/aromatic N) is 2. The first-order chi connectivity index (χ1) is 18.2. The Labute approximate surface area is 229 Å². The van der Waals surface area contributed by atoms with Crippen LogP contribution in [-0.2, 0) is 27.2 Å². The average Bonchev–Trinajstić information content (AvgIpc) is 3.42. The van der Waals surface area contributed by atoms with E-state index in [4.69, 9.17) is 5.73 Å². The molecule has 0 aliphatic carbocycles. The van der Waals surface area contributed by atoms with Gasteiger partial charge in [-0.25, -0.2) is 9.78 Å². The number of hydrogen-bond acceptors (Lipinski definition) is 7. The minimum atomic E-state index is -1.04. The molecule has 0 bridgehead atoms. The van der Waals surface area contributed by atoms with Crippen molar-refractivity contribution in [3.05, 3.63) is 54.1 Å². The zero-order valence-corrected chi connectivity index (χ0v) is 23.4. The number of hydrogen-bond donors (Lipinski definition) is 5. The summed E-state index contributed by atoms with van der Waals surface area (Å²) in [5.41, 5.74) is 8.09. The van der Waals surface area contributed by atoms with E-state index in [9.17, 15) is 19.5 Å². The second-order valence-corrected chi connectivity index (χ2v) is 10.6. The number of imidazole rings is 1. The monoisotopic (exact) mass is 546 g/mol. The van der Waals surface area contributed by atoms with E-state index < -0.39 is 18.1 Å². The van der Waals surface area contributed by atoms with Crippen LogP contribution in [0.2, 0.25) is 0 Å². The van der Waals surface area contributed by atoms with E-state index in [2.05, 4.69) is 34.4 Å². The Balaban J connectivity index is 2.11. The van der Waals surface area contributed by atoms with Crippen LogP contribution >= 0.6 is 11.8 Å². The highest BCUT2D eigenvalue weighted by Gasteiger charge is 2.26. The van der Waals surface area contributed by atoms with Crippen molar-refractivity contribution in [1.29, 1.82) is 0 Å². The smallest absolute Gasteiger partial charge is 0.326 e. The summed E-state index contributed by atoms with van der Waals surface area (Å²) in [5, 5.41) is 15.3. The maximum absolute atomic E-state index is 13.0. The molecule has 0 fully saturated rings. The fourth-order valence-corrected chi connectivity index (χ4v) is 4.52. The normalized spacial score (nSPS) is 14.4. The summed E-state index contributed by atoms with van der Waals surface area (Å²) in [4.78, 5) is 46.5. The number of amides is 2. The number of thioether (sulfide) groups is 1. The first-order valence-corrected chi connectivity index (χ1v) is 14.4. The van der Waals surface area contributed by atoms with Crippen LogP contribution in [0.3, 0.4) is 0 Å². The molecule has 11 heteroatoms. The highest BCUT2D eigenvalue weighted by Crippen LogP contribution is 2.12. The molecule has 2 amide bonds. The molecule has 0 spiro atoms. The predicted octanol–water partition coefficient (Wildman–Crippen LogP) is 1.68. The SMILES string of the molecule is CC[C@H](C)[C@@H](CN(CCc1ccccc1)CC(=O)N[C@@H](CCSC)C(=O)O)NC(=O)[C@@H](N)Cc1cnc[nH]1. The topological polar surface area (TPSA) is 153 Å². The molecule has 0 aliphatic heterocycles. The number of nitrogens with two attached hydrogens (primary N) is 1. The van der Waals surface area contributed by atoms with Crippen molar-refractivity contribution in [2.45, 2.75) is 57.7 Å². The molecule has 1 aromatic carbocycles. The summed E-state index contributed by atoms with van der Waals surface area (Å²) in [6, 6.07) is 8.05. The van der Waals surface area contributed by atoms with Crippen LogP contribution < -0.4 is 16.4 Å². The van der Waals surface area contributed by atoms with Crippen molar-refractivity contribution >= 4 is 29.5 Å². The Morgan fingerprint density at radius 2 is 1.95 bits per heavy atom. The van der Waals surface area contributed by atoms with Crippen LogP contribution in [0, 0.1) is 5.92 Å². The quantitative estimate of drug-likeness (QED) is 0.189. The highest BCUT2D eigenvalue weighted by atomic mass is 32.2. The van der Waals surface area contributed by atoms with Gasteiger partial charge in [0.2, 0.25) is 11.8 Å². The van der Waals surface area contributed by atoms with Crippen LogP contribution in [0.1, 0.15) is 37.9 Å². The molecule has 10 nitrogen and oxygen atoms in total. The minimum absolute atomic E-state index is 0.0267. The molecule has 2 aromatic rings. The Kier molecular flexibility index (Phi) is 13.9. The maximum Gasteiger partial charge on any atom is 0.326 e. The van der Waals surface area contributed by atoms with Gasteiger partial charge in [0.05, 0.1) is 18.9 Å². The lowest BCUT2D eigenvalue weighted by atomic mass is 9.97. The standard InChI is InChI=1S/C27H42N6O4S/c1-4-19(2)24(32-26(35)22(28)14-21-15-29-18-30-21)16-33(12-10-20-8-6-5-7-9-20)17-25(34)31-23(27(36)37)11-13-38-3/h5-9,15,18-19,22-24H,4,10-14,16-17,28H2,1-3H3,(H,29,30)(H,31,34)(H,32,35)(H,36,37)/t19-,22-,23-,24+/m0/s1.